The number of sulfonamides is 1. The molecule has 0 unspecified atom stereocenters. The van der Waals surface area contributed by atoms with Crippen LogP contribution in [0.25, 0.3) is 0 Å². The van der Waals surface area contributed by atoms with Crippen LogP contribution in [0.2, 0.25) is 0 Å². The van der Waals surface area contributed by atoms with Crippen molar-refractivity contribution in [1.29, 1.82) is 5.26 Å². The third-order valence-corrected chi connectivity index (χ3v) is 4.27. The molecule has 0 saturated carbocycles. The van der Waals surface area contributed by atoms with Crippen molar-refractivity contribution in [2.75, 3.05) is 11.9 Å². The number of amides is 1. The predicted molar refractivity (Wildman–Crippen MR) is 68.8 cm³/mol. The van der Waals surface area contributed by atoms with Gasteiger partial charge in [0.1, 0.15) is 0 Å². The second-order valence-electron chi connectivity index (χ2n) is 4.17. The first kappa shape index (κ1) is 13.5. The first-order valence-corrected chi connectivity index (χ1v) is 7.30. The third kappa shape index (κ3) is 3.10. The van der Waals surface area contributed by atoms with Crippen LogP contribution < -0.4 is 10.0 Å². The minimum absolute atomic E-state index is 0.0600. The Hall–Kier alpha value is -1.91. The molecule has 1 aliphatic rings. The van der Waals surface area contributed by atoms with Crippen LogP contribution >= 0.6 is 0 Å². The lowest BCUT2D eigenvalue weighted by molar-refractivity contribution is -0.116. The lowest BCUT2D eigenvalue weighted by Gasteiger charge is -2.17. The second-order valence-corrected chi connectivity index (χ2v) is 5.94. The molecule has 1 aliphatic heterocycles. The van der Waals surface area contributed by atoms with E-state index in [-0.39, 0.29) is 23.8 Å². The topological polar surface area (TPSA) is 99.1 Å². The first-order chi connectivity index (χ1) is 9.03. The molecule has 0 saturated heterocycles. The molecule has 0 aromatic heterocycles. The maximum atomic E-state index is 11.9. The van der Waals surface area contributed by atoms with Crippen LogP contribution in [-0.2, 0) is 21.2 Å². The fourth-order valence-corrected chi connectivity index (χ4v) is 2.93. The maximum absolute atomic E-state index is 11.9. The minimum Gasteiger partial charge on any atom is -0.326 e. The lowest BCUT2D eigenvalue weighted by Crippen LogP contribution is -2.25. The van der Waals surface area contributed by atoms with Gasteiger partial charge in [0, 0.05) is 25.1 Å². The van der Waals surface area contributed by atoms with Crippen LogP contribution in [0.1, 0.15) is 18.4 Å². The molecule has 0 radical (unpaired) electrons. The van der Waals surface area contributed by atoms with Gasteiger partial charge in [-0.25, -0.2) is 13.1 Å². The highest BCUT2D eigenvalue weighted by Gasteiger charge is 2.19. The number of aryl methyl sites for hydroxylation is 1. The minimum atomic E-state index is -3.59. The van der Waals surface area contributed by atoms with Gasteiger partial charge in [-0.15, -0.1) is 0 Å². The zero-order valence-corrected chi connectivity index (χ0v) is 11.0. The number of nitriles is 1. The molecule has 7 heteroatoms. The van der Waals surface area contributed by atoms with Gasteiger partial charge in [0.25, 0.3) is 0 Å². The van der Waals surface area contributed by atoms with Gasteiger partial charge in [-0.1, -0.05) is 0 Å². The Morgan fingerprint density at radius 1 is 1.37 bits per heavy atom. The lowest BCUT2D eigenvalue weighted by atomic mass is 10.0. The molecule has 0 bridgehead atoms. The summed E-state index contributed by atoms with van der Waals surface area (Å²) in [5.41, 5.74) is 1.47. The van der Waals surface area contributed by atoms with Crippen LogP contribution in [0.5, 0.6) is 0 Å². The molecule has 1 aromatic rings. The zero-order chi connectivity index (χ0) is 13.9. The Balaban J connectivity index is 2.22. The summed E-state index contributed by atoms with van der Waals surface area (Å²) in [7, 11) is -3.59. The standard InChI is InChI=1S/C12H13N3O3S/c13-6-1-7-14-19(17,18)10-3-4-11-9(8-10)2-5-12(16)15-11/h3-4,8,14H,1-2,5,7H2,(H,15,16). The molecule has 6 nitrogen and oxygen atoms in total. The van der Waals surface area contributed by atoms with Gasteiger partial charge in [0.05, 0.1) is 11.0 Å². The summed E-state index contributed by atoms with van der Waals surface area (Å²) < 4.78 is 26.3. The van der Waals surface area contributed by atoms with E-state index in [1.807, 2.05) is 6.07 Å². The molecule has 0 aliphatic carbocycles. The summed E-state index contributed by atoms with van der Waals surface area (Å²) in [6.45, 7) is 0.0899. The van der Waals surface area contributed by atoms with E-state index < -0.39 is 10.0 Å². The summed E-state index contributed by atoms with van der Waals surface area (Å²) in [6.07, 6.45) is 1.02. The smallest absolute Gasteiger partial charge is 0.240 e. The van der Waals surface area contributed by atoms with Gasteiger partial charge in [0.15, 0.2) is 0 Å². The van der Waals surface area contributed by atoms with Crippen LogP contribution in [0.4, 0.5) is 5.69 Å². The van der Waals surface area contributed by atoms with Crippen molar-refractivity contribution in [2.24, 2.45) is 0 Å². The van der Waals surface area contributed by atoms with E-state index in [0.29, 0.717) is 18.5 Å². The zero-order valence-electron chi connectivity index (χ0n) is 10.1. The number of anilines is 1. The third-order valence-electron chi connectivity index (χ3n) is 2.81. The normalized spacial score (nSPS) is 14.4. The quantitative estimate of drug-likeness (QED) is 0.795. The van der Waals surface area contributed by atoms with E-state index in [4.69, 9.17) is 5.26 Å². The Kier molecular flexibility index (Phi) is 3.83. The number of carbonyl (C=O) groups excluding carboxylic acids is 1. The highest BCUT2D eigenvalue weighted by molar-refractivity contribution is 7.89. The van der Waals surface area contributed by atoms with E-state index >= 15 is 0 Å². The Labute approximate surface area is 111 Å². The van der Waals surface area contributed by atoms with Crippen molar-refractivity contribution in [1.82, 2.24) is 4.72 Å². The van der Waals surface area contributed by atoms with Gasteiger partial charge < -0.3 is 5.32 Å². The van der Waals surface area contributed by atoms with Crippen molar-refractivity contribution in [3.63, 3.8) is 0 Å². The highest BCUT2D eigenvalue weighted by atomic mass is 32.2. The number of nitrogens with one attached hydrogen (secondary N) is 2. The Morgan fingerprint density at radius 2 is 2.16 bits per heavy atom. The largest absolute Gasteiger partial charge is 0.326 e. The number of fused-ring (bicyclic) bond motifs is 1. The fourth-order valence-electron chi connectivity index (χ4n) is 1.85. The van der Waals surface area contributed by atoms with Gasteiger partial charge in [0.2, 0.25) is 15.9 Å². The molecule has 2 N–H and O–H groups in total. The van der Waals surface area contributed by atoms with E-state index in [0.717, 1.165) is 5.56 Å². The molecule has 100 valence electrons. The average molecular weight is 279 g/mol. The molecular weight excluding hydrogens is 266 g/mol. The van der Waals surface area contributed by atoms with Gasteiger partial charge in [-0.2, -0.15) is 5.26 Å². The summed E-state index contributed by atoms with van der Waals surface area (Å²) in [5.74, 6) is -0.0600. The number of hydrogen-bond acceptors (Lipinski definition) is 4. The molecule has 0 atom stereocenters. The first-order valence-electron chi connectivity index (χ1n) is 5.82. The number of carbonyl (C=O) groups is 1. The van der Waals surface area contributed by atoms with E-state index in [1.54, 1.807) is 12.1 Å². The summed E-state index contributed by atoms with van der Waals surface area (Å²) in [4.78, 5) is 11.4. The Bertz CT molecular complexity index is 647. The second kappa shape index (κ2) is 5.38. The van der Waals surface area contributed by atoms with Crippen molar-refractivity contribution >= 4 is 21.6 Å². The van der Waals surface area contributed by atoms with Crippen LogP contribution in [0.3, 0.4) is 0 Å². The molecule has 1 amide bonds. The van der Waals surface area contributed by atoms with E-state index in [1.165, 1.54) is 6.07 Å². The average Bonchev–Trinajstić information content (AvgIpc) is 2.38. The van der Waals surface area contributed by atoms with Crippen molar-refractivity contribution in [2.45, 2.75) is 24.2 Å². The number of nitrogens with zero attached hydrogens (tertiary/aromatic N) is 1. The fraction of sp³-hybridized carbons (Fsp3) is 0.333. The number of rotatable bonds is 4. The summed E-state index contributed by atoms with van der Waals surface area (Å²) in [5, 5.41) is 11.1. The van der Waals surface area contributed by atoms with Crippen molar-refractivity contribution < 1.29 is 13.2 Å². The summed E-state index contributed by atoms with van der Waals surface area (Å²) >= 11 is 0. The van der Waals surface area contributed by atoms with Crippen molar-refractivity contribution in [3.05, 3.63) is 23.8 Å². The monoisotopic (exact) mass is 279 g/mol. The van der Waals surface area contributed by atoms with E-state index in [9.17, 15) is 13.2 Å². The highest BCUT2D eigenvalue weighted by Crippen LogP contribution is 2.25. The van der Waals surface area contributed by atoms with Crippen molar-refractivity contribution in [3.8, 4) is 6.07 Å². The van der Waals surface area contributed by atoms with Crippen LogP contribution in [0.15, 0.2) is 23.1 Å². The molecule has 19 heavy (non-hydrogen) atoms. The van der Waals surface area contributed by atoms with Crippen LogP contribution in [0, 0.1) is 11.3 Å². The predicted octanol–water partition coefficient (Wildman–Crippen LogP) is 0.763. The number of benzene rings is 1. The van der Waals surface area contributed by atoms with Crippen LogP contribution in [-0.4, -0.2) is 20.9 Å². The van der Waals surface area contributed by atoms with Gasteiger partial charge in [-0.3, -0.25) is 4.79 Å². The molecule has 2 rings (SSSR count). The SMILES string of the molecule is N#CCCNS(=O)(=O)c1ccc2c(c1)CCC(=O)N2. The van der Waals surface area contributed by atoms with Gasteiger partial charge >= 0.3 is 0 Å². The summed E-state index contributed by atoms with van der Waals surface area (Å²) in [6, 6.07) is 6.46. The van der Waals surface area contributed by atoms with Gasteiger partial charge in [-0.05, 0) is 30.2 Å². The van der Waals surface area contributed by atoms with E-state index in [2.05, 4.69) is 10.0 Å². The number of hydrogen-bond donors (Lipinski definition) is 2. The maximum Gasteiger partial charge on any atom is 0.240 e. The molecule has 0 spiro atoms. The molecule has 1 heterocycles. The Morgan fingerprint density at radius 3 is 2.89 bits per heavy atom. The molecule has 0 fully saturated rings. The molecule has 1 aromatic carbocycles. The molecular formula is C12H13N3O3S.